The summed E-state index contributed by atoms with van der Waals surface area (Å²) in [5.74, 6) is 0.818. The number of nitrogens with one attached hydrogen (secondary N) is 1. The predicted molar refractivity (Wildman–Crippen MR) is 116 cm³/mol. The van der Waals surface area contributed by atoms with Crippen LogP contribution in [0.2, 0.25) is 0 Å². The SMILES string of the molecule is CC(=O)N1CCCSc2ccc(S(=O)(=O)Nc3ccc(C)c(N(C)C)c3)cc21. The molecule has 0 fully saturated rings. The number of nitrogens with zero attached hydrogens (tertiary/aromatic N) is 2. The molecule has 0 aliphatic carbocycles. The van der Waals surface area contributed by atoms with Crippen molar-refractivity contribution in [2.24, 2.45) is 0 Å². The number of amides is 1. The molecule has 0 unspecified atom stereocenters. The van der Waals surface area contributed by atoms with Crippen LogP contribution in [0.15, 0.2) is 46.2 Å². The molecule has 0 bridgehead atoms. The van der Waals surface area contributed by atoms with Crippen LogP contribution >= 0.6 is 11.8 Å². The Bertz CT molecular complexity index is 1000. The third kappa shape index (κ3) is 4.28. The number of hydrogen-bond donors (Lipinski definition) is 1. The van der Waals surface area contributed by atoms with Crippen molar-refractivity contribution in [2.75, 3.05) is 40.9 Å². The zero-order chi connectivity index (χ0) is 20.5. The first kappa shape index (κ1) is 20.5. The van der Waals surface area contributed by atoms with Gasteiger partial charge in [-0.3, -0.25) is 9.52 Å². The fourth-order valence-corrected chi connectivity index (χ4v) is 5.26. The van der Waals surface area contributed by atoms with Gasteiger partial charge in [-0.25, -0.2) is 8.42 Å². The minimum atomic E-state index is -3.78. The molecular weight excluding hydrogens is 394 g/mol. The quantitative estimate of drug-likeness (QED) is 0.818. The molecule has 0 saturated carbocycles. The number of rotatable bonds is 4. The van der Waals surface area contributed by atoms with Crippen LogP contribution in [0.3, 0.4) is 0 Å². The summed E-state index contributed by atoms with van der Waals surface area (Å²) in [7, 11) is 0.0566. The van der Waals surface area contributed by atoms with Gasteiger partial charge in [-0.15, -0.1) is 11.8 Å². The van der Waals surface area contributed by atoms with Crippen molar-refractivity contribution in [3.8, 4) is 0 Å². The summed E-state index contributed by atoms with van der Waals surface area (Å²) in [5.41, 5.74) is 3.17. The molecule has 2 aromatic rings. The van der Waals surface area contributed by atoms with Gasteiger partial charge in [0.1, 0.15) is 0 Å². The number of carbonyl (C=O) groups excluding carboxylic acids is 1. The highest BCUT2D eigenvalue weighted by Crippen LogP contribution is 2.36. The van der Waals surface area contributed by atoms with Crippen molar-refractivity contribution in [1.29, 1.82) is 0 Å². The largest absolute Gasteiger partial charge is 0.377 e. The first-order valence-electron chi connectivity index (χ1n) is 9.05. The van der Waals surface area contributed by atoms with E-state index in [1.165, 1.54) is 6.92 Å². The Labute approximate surface area is 171 Å². The second kappa shape index (κ2) is 8.05. The van der Waals surface area contributed by atoms with Gasteiger partial charge in [0.25, 0.3) is 10.0 Å². The summed E-state index contributed by atoms with van der Waals surface area (Å²) in [5, 5.41) is 0. The van der Waals surface area contributed by atoms with Crippen LogP contribution in [0.5, 0.6) is 0 Å². The Kier molecular flexibility index (Phi) is 5.90. The van der Waals surface area contributed by atoms with E-state index in [1.54, 1.807) is 40.9 Å². The Morgan fingerprint density at radius 3 is 2.61 bits per heavy atom. The van der Waals surface area contributed by atoms with Crippen molar-refractivity contribution < 1.29 is 13.2 Å². The fourth-order valence-electron chi connectivity index (χ4n) is 3.22. The minimum Gasteiger partial charge on any atom is -0.377 e. The maximum atomic E-state index is 13.0. The average molecular weight is 420 g/mol. The molecule has 1 aliphatic rings. The number of benzene rings is 2. The van der Waals surface area contributed by atoms with E-state index < -0.39 is 10.0 Å². The number of anilines is 3. The van der Waals surface area contributed by atoms with E-state index in [0.717, 1.165) is 28.3 Å². The highest BCUT2D eigenvalue weighted by molar-refractivity contribution is 7.99. The third-order valence-corrected chi connectivity index (χ3v) is 7.17. The molecule has 0 spiro atoms. The van der Waals surface area contributed by atoms with E-state index in [0.29, 0.717) is 17.9 Å². The maximum absolute atomic E-state index is 13.0. The summed E-state index contributed by atoms with van der Waals surface area (Å²) in [6, 6.07) is 10.4. The second-order valence-corrected chi connectivity index (χ2v) is 9.82. The van der Waals surface area contributed by atoms with E-state index in [9.17, 15) is 13.2 Å². The average Bonchev–Trinajstić information content (AvgIpc) is 2.84. The molecule has 2 aromatic carbocycles. The van der Waals surface area contributed by atoms with Crippen molar-refractivity contribution in [1.82, 2.24) is 0 Å². The van der Waals surface area contributed by atoms with Gasteiger partial charge >= 0.3 is 0 Å². The van der Waals surface area contributed by atoms with Crippen LogP contribution < -0.4 is 14.5 Å². The lowest BCUT2D eigenvalue weighted by Gasteiger charge is -2.22. The molecule has 150 valence electrons. The van der Waals surface area contributed by atoms with Crippen LogP contribution in [0.1, 0.15) is 18.9 Å². The summed E-state index contributed by atoms with van der Waals surface area (Å²) >= 11 is 1.65. The number of fused-ring (bicyclic) bond motifs is 1. The standard InChI is InChI=1S/C20H25N3O3S2/c1-14-6-7-16(12-18(14)22(3)4)21-28(25,26)17-8-9-20-19(13-17)23(15(2)24)10-5-11-27-20/h6-9,12-13,21H,5,10-11H2,1-4H3. The smallest absolute Gasteiger partial charge is 0.261 e. The molecular formula is C20H25N3O3S2. The molecule has 1 aliphatic heterocycles. The molecule has 8 heteroatoms. The maximum Gasteiger partial charge on any atom is 0.261 e. The normalized spacial score (nSPS) is 14.2. The van der Waals surface area contributed by atoms with Crippen molar-refractivity contribution in [2.45, 2.75) is 30.1 Å². The molecule has 3 rings (SSSR count). The summed E-state index contributed by atoms with van der Waals surface area (Å²) in [4.78, 5) is 16.7. The first-order valence-corrected chi connectivity index (χ1v) is 11.5. The monoisotopic (exact) mass is 419 g/mol. The van der Waals surface area contributed by atoms with Crippen LogP contribution in [0, 0.1) is 6.92 Å². The summed E-state index contributed by atoms with van der Waals surface area (Å²) in [6.45, 7) is 4.08. The molecule has 1 heterocycles. The number of carbonyl (C=O) groups is 1. The van der Waals surface area contributed by atoms with Gasteiger partial charge < -0.3 is 9.80 Å². The Balaban J connectivity index is 1.97. The van der Waals surface area contributed by atoms with E-state index in [1.807, 2.05) is 38.1 Å². The topological polar surface area (TPSA) is 69.7 Å². The lowest BCUT2D eigenvalue weighted by Crippen LogP contribution is -2.29. The lowest BCUT2D eigenvalue weighted by molar-refractivity contribution is -0.116. The van der Waals surface area contributed by atoms with Crippen LogP contribution in [-0.4, -0.2) is 40.7 Å². The molecule has 6 nitrogen and oxygen atoms in total. The third-order valence-electron chi connectivity index (χ3n) is 4.64. The van der Waals surface area contributed by atoms with Gasteiger partial charge in [-0.1, -0.05) is 6.07 Å². The van der Waals surface area contributed by atoms with Crippen LogP contribution in [-0.2, 0) is 14.8 Å². The summed E-state index contributed by atoms with van der Waals surface area (Å²) < 4.78 is 28.6. The Morgan fingerprint density at radius 1 is 1.18 bits per heavy atom. The molecule has 1 amide bonds. The van der Waals surface area contributed by atoms with Crippen molar-refractivity contribution in [3.63, 3.8) is 0 Å². The zero-order valence-electron chi connectivity index (χ0n) is 16.5. The number of sulfonamides is 1. The Hall–Kier alpha value is -2.19. The zero-order valence-corrected chi connectivity index (χ0v) is 18.2. The number of aryl methyl sites for hydroxylation is 1. The highest BCUT2D eigenvalue weighted by atomic mass is 32.2. The van der Waals surface area contributed by atoms with Crippen molar-refractivity contribution >= 4 is 44.8 Å². The van der Waals surface area contributed by atoms with Gasteiger partial charge in [-0.2, -0.15) is 0 Å². The first-order chi connectivity index (χ1) is 13.2. The lowest BCUT2D eigenvalue weighted by atomic mass is 10.2. The van der Waals surface area contributed by atoms with Gasteiger partial charge in [0, 0.05) is 38.1 Å². The molecule has 0 radical (unpaired) electrons. The van der Waals surface area contributed by atoms with Crippen LogP contribution in [0.4, 0.5) is 17.1 Å². The molecule has 1 N–H and O–H groups in total. The minimum absolute atomic E-state index is 0.0829. The molecule has 28 heavy (non-hydrogen) atoms. The van der Waals surface area contributed by atoms with Gasteiger partial charge in [0.2, 0.25) is 5.91 Å². The number of thioether (sulfide) groups is 1. The van der Waals surface area contributed by atoms with E-state index in [4.69, 9.17) is 0 Å². The van der Waals surface area contributed by atoms with E-state index in [2.05, 4.69) is 4.72 Å². The van der Waals surface area contributed by atoms with Gasteiger partial charge in [0.05, 0.1) is 16.3 Å². The van der Waals surface area contributed by atoms with E-state index in [-0.39, 0.29) is 10.8 Å². The number of hydrogen-bond acceptors (Lipinski definition) is 5. The Morgan fingerprint density at radius 2 is 1.93 bits per heavy atom. The van der Waals surface area contributed by atoms with Gasteiger partial charge in [0.15, 0.2) is 0 Å². The molecule has 0 atom stereocenters. The fraction of sp³-hybridized carbons (Fsp3) is 0.350. The second-order valence-electron chi connectivity index (χ2n) is 7.00. The van der Waals surface area contributed by atoms with Crippen molar-refractivity contribution in [3.05, 3.63) is 42.0 Å². The molecule has 0 saturated heterocycles. The summed E-state index contributed by atoms with van der Waals surface area (Å²) in [6.07, 6.45) is 0.871. The highest BCUT2D eigenvalue weighted by Gasteiger charge is 2.23. The predicted octanol–water partition coefficient (Wildman–Crippen LogP) is 3.71. The van der Waals surface area contributed by atoms with E-state index >= 15 is 0 Å². The van der Waals surface area contributed by atoms with Gasteiger partial charge in [-0.05, 0) is 55.0 Å². The molecule has 0 aromatic heterocycles. The van der Waals surface area contributed by atoms with Crippen LogP contribution in [0.25, 0.3) is 0 Å².